The lowest BCUT2D eigenvalue weighted by molar-refractivity contribution is -0.0508. The van der Waals surface area contributed by atoms with E-state index in [0.717, 1.165) is 16.1 Å². The van der Waals surface area contributed by atoms with Crippen molar-refractivity contribution in [1.82, 2.24) is 14.5 Å². The SMILES string of the molecule is CSc1nccc2c1ncn2C1O[C@H](CO)[C@@H](O)[C@H]1O. The first-order valence-electron chi connectivity index (χ1n) is 6.15. The number of hydrogen-bond donors (Lipinski definition) is 3. The summed E-state index contributed by atoms with van der Waals surface area (Å²) in [5.74, 6) is 0. The summed E-state index contributed by atoms with van der Waals surface area (Å²) in [5.41, 5.74) is 1.48. The lowest BCUT2D eigenvalue weighted by atomic mass is 10.1. The second kappa shape index (κ2) is 5.30. The molecule has 4 atom stereocenters. The van der Waals surface area contributed by atoms with E-state index >= 15 is 0 Å². The van der Waals surface area contributed by atoms with Crippen LogP contribution in [0.15, 0.2) is 23.6 Å². The topological polar surface area (TPSA) is 101 Å². The van der Waals surface area contributed by atoms with Gasteiger partial charge in [-0.2, -0.15) is 0 Å². The molecule has 1 saturated heterocycles. The Labute approximate surface area is 119 Å². The minimum Gasteiger partial charge on any atom is -0.394 e. The Morgan fingerprint density at radius 1 is 1.35 bits per heavy atom. The molecule has 1 unspecified atom stereocenters. The van der Waals surface area contributed by atoms with Gasteiger partial charge in [-0.15, -0.1) is 11.8 Å². The minimum absolute atomic E-state index is 0.348. The lowest BCUT2D eigenvalue weighted by Crippen LogP contribution is -2.33. The maximum atomic E-state index is 10.1. The zero-order valence-electron chi connectivity index (χ0n) is 10.7. The molecule has 3 heterocycles. The van der Waals surface area contributed by atoms with E-state index in [0.29, 0.717) is 0 Å². The molecule has 1 aliphatic heterocycles. The summed E-state index contributed by atoms with van der Waals surface area (Å²) >= 11 is 1.48. The van der Waals surface area contributed by atoms with Gasteiger partial charge in [0, 0.05) is 6.20 Å². The molecule has 3 N–H and O–H groups in total. The molecule has 108 valence electrons. The van der Waals surface area contributed by atoms with Gasteiger partial charge in [0.25, 0.3) is 0 Å². The van der Waals surface area contributed by atoms with E-state index in [1.165, 1.54) is 11.8 Å². The fourth-order valence-corrected chi connectivity index (χ4v) is 2.92. The van der Waals surface area contributed by atoms with Crippen molar-refractivity contribution in [2.75, 3.05) is 12.9 Å². The van der Waals surface area contributed by atoms with Gasteiger partial charge in [0.1, 0.15) is 28.9 Å². The standard InChI is InChI=1S/C12H15N3O4S/c1-20-11-8-6(2-3-13-11)15(5-14-8)12-10(18)9(17)7(4-16)19-12/h2-3,5,7,9-10,12,16-18H,4H2,1H3/t7-,9-,10-,12?/m1/s1. The molecule has 0 spiro atoms. The number of pyridine rings is 1. The van der Waals surface area contributed by atoms with Crippen LogP contribution in [0.2, 0.25) is 0 Å². The summed E-state index contributed by atoms with van der Waals surface area (Å²) in [6.45, 7) is -0.348. The van der Waals surface area contributed by atoms with Crippen LogP contribution >= 0.6 is 11.8 Å². The zero-order valence-corrected chi connectivity index (χ0v) is 11.6. The summed E-state index contributed by atoms with van der Waals surface area (Å²) in [6.07, 6.45) is 1.31. The number of rotatable bonds is 3. The van der Waals surface area contributed by atoms with Gasteiger partial charge in [0.05, 0.1) is 18.5 Å². The molecule has 0 bridgehead atoms. The number of nitrogens with zero attached hydrogens (tertiary/aromatic N) is 3. The van der Waals surface area contributed by atoms with Gasteiger partial charge in [-0.1, -0.05) is 0 Å². The van der Waals surface area contributed by atoms with Crippen molar-refractivity contribution in [1.29, 1.82) is 0 Å². The van der Waals surface area contributed by atoms with Gasteiger partial charge in [0.2, 0.25) is 0 Å². The molecule has 2 aromatic heterocycles. The molecule has 0 aromatic carbocycles. The average Bonchev–Trinajstić information content (AvgIpc) is 3.01. The van der Waals surface area contributed by atoms with Crippen LogP contribution in [0.5, 0.6) is 0 Å². The Morgan fingerprint density at radius 2 is 2.15 bits per heavy atom. The second-order valence-electron chi connectivity index (χ2n) is 4.57. The molecule has 1 aliphatic rings. The predicted molar refractivity (Wildman–Crippen MR) is 72.3 cm³/mol. The van der Waals surface area contributed by atoms with Gasteiger partial charge < -0.3 is 24.6 Å². The maximum absolute atomic E-state index is 10.1. The highest BCUT2D eigenvalue weighted by Gasteiger charge is 2.43. The number of aliphatic hydroxyl groups excluding tert-OH is 3. The van der Waals surface area contributed by atoms with Crippen LogP contribution in [-0.2, 0) is 4.74 Å². The van der Waals surface area contributed by atoms with Crippen LogP contribution in [0.4, 0.5) is 0 Å². The quantitative estimate of drug-likeness (QED) is 0.672. The van der Waals surface area contributed by atoms with Crippen LogP contribution in [0.25, 0.3) is 11.0 Å². The molecule has 7 nitrogen and oxygen atoms in total. The van der Waals surface area contributed by atoms with Crippen molar-refractivity contribution in [3.8, 4) is 0 Å². The van der Waals surface area contributed by atoms with E-state index in [1.54, 1.807) is 23.2 Å². The number of aromatic nitrogens is 3. The van der Waals surface area contributed by atoms with Crippen LogP contribution in [-0.4, -0.2) is 61.0 Å². The van der Waals surface area contributed by atoms with Crippen molar-refractivity contribution in [2.24, 2.45) is 0 Å². The van der Waals surface area contributed by atoms with Crippen LogP contribution < -0.4 is 0 Å². The minimum atomic E-state index is -1.12. The lowest BCUT2D eigenvalue weighted by Gasteiger charge is -2.17. The van der Waals surface area contributed by atoms with E-state index in [-0.39, 0.29) is 6.61 Å². The molecule has 20 heavy (non-hydrogen) atoms. The summed E-state index contributed by atoms with van der Waals surface area (Å²) in [4.78, 5) is 8.51. The Bertz CT molecular complexity index is 620. The van der Waals surface area contributed by atoms with Crippen molar-refractivity contribution < 1.29 is 20.1 Å². The molecule has 2 aromatic rings. The Morgan fingerprint density at radius 3 is 2.80 bits per heavy atom. The largest absolute Gasteiger partial charge is 0.394 e. The average molecular weight is 297 g/mol. The number of ether oxygens (including phenoxy) is 1. The molecule has 0 amide bonds. The summed E-state index contributed by atoms with van der Waals surface area (Å²) in [5, 5.41) is 29.8. The number of aliphatic hydroxyl groups is 3. The summed E-state index contributed by atoms with van der Waals surface area (Å²) in [6, 6.07) is 1.77. The van der Waals surface area contributed by atoms with Gasteiger partial charge >= 0.3 is 0 Å². The Kier molecular flexibility index (Phi) is 3.65. The third kappa shape index (κ3) is 2.00. The highest BCUT2D eigenvalue weighted by molar-refractivity contribution is 7.98. The fourth-order valence-electron chi connectivity index (χ4n) is 2.40. The molecular weight excluding hydrogens is 282 g/mol. The van der Waals surface area contributed by atoms with Gasteiger partial charge in [0.15, 0.2) is 6.23 Å². The first-order valence-corrected chi connectivity index (χ1v) is 7.38. The van der Waals surface area contributed by atoms with E-state index < -0.39 is 24.5 Å². The van der Waals surface area contributed by atoms with E-state index in [4.69, 9.17) is 9.84 Å². The van der Waals surface area contributed by atoms with Crippen LogP contribution in [0.1, 0.15) is 6.23 Å². The second-order valence-corrected chi connectivity index (χ2v) is 5.36. The third-order valence-corrected chi connectivity index (χ3v) is 4.13. The molecule has 0 aliphatic carbocycles. The monoisotopic (exact) mass is 297 g/mol. The van der Waals surface area contributed by atoms with Crippen LogP contribution in [0.3, 0.4) is 0 Å². The summed E-state index contributed by atoms with van der Waals surface area (Å²) < 4.78 is 7.16. The van der Waals surface area contributed by atoms with E-state index in [9.17, 15) is 10.2 Å². The first kappa shape index (κ1) is 13.8. The van der Waals surface area contributed by atoms with Gasteiger partial charge in [-0.05, 0) is 12.3 Å². The maximum Gasteiger partial charge on any atom is 0.164 e. The molecule has 0 saturated carbocycles. The highest BCUT2D eigenvalue weighted by Crippen LogP contribution is 2.33. The highest BCUT2D eigenvalue weighted by atomic mass is 32.2. The number of fused-ring (bicyclic) bond motifs is 1. The Hall–Kier alpha value is -1.19. The van der Waals surface area contributed by atoms with Gasteiger partial charge in [-0.25, -0.2) is 9.97 Å². The zero-order chi connectivity index (χ0) is 14.3. The number of hydrogen-bond acceptors (Lipinski definition) is 7. The molecule has 0 radical (unpaired) electrons. The van der Waals surface area contributed by atoms with Gasteiger partial charge in [-0.3, -0.25) is 0 Å². The molecule has 8 heteroatoms. The predicted octanol–water partition coefficient (Wildman–Crippen LogP) is -0.235. The number of imidazole rings is 1. The Balaban J connectivity index is 2.03. The van der Waals surface area contributed by atoms with Crippen LogP contribution in [0, 0.1) is 0 Å². The van der Waals surface area contributed by atoms with Crippen molar-refractivity contribution in [2.45, 2.75) is 29.6 Å². The molecule has 3 rings (SSSR count). The molecule has 1 fully saturated rings. The fraction of sp³-hybridized carbons (Fsp3) is 0.500. The normalized spacial score (nSPS) is 30.2. The first-order chi connectivity index (χ1) is 9.67. The molecular formula is C12H15N3O4S. The van der Waals surface area contributed by atoms with E-state index in [1.807, 2.05) is 6.26 Å². The smallest absolute Gasteiger partial charge is 0.164 e. The van der Waals surface area contributed by atoms with E-state index in [2.05, 4.69) is 9.97 Å². The summed E-state index contributed by atoms with van der Waals surface area (Å²) in [7, 11) is 0. The number of thioether (sulfide) groups is 1. The van der Waals surface area contributed by atoms with Crippen molar-refractivity contribution in [3.05, 3.63) is 18.6 Å². The van der Waals surface area contributed by atoms with Crippen molar-refractivity contribution >= 4 is 22.8 Å². The third-order valence-electron chi connectivity index (χ3n) is 3.44. The van der Waals surface area contributed by atoms with Crippen molar-refractivity contribution in [3.63, 3.8) is 0 Å².